The van der Waals surface area contributed by atoms with E-state index in [0.717, 1.165) is 32.4 Å². The molecule has 112 valence electrons. The maximum atomic E-state index is 12.2. The average molecular weight is 299 g/mol. The van der Waals surface area contributed by atoms with Gasteiger partial charge in [-0.2, -0.15) is 5.10 Å². The minimum atomic E-state index is -0.204. The summed E-state index contributed by atoms with van der Waals surface area (Å²) in [5.41, 5.74) is 6.56. The van der Waals surface area contributed by atoms with E-state index in [4.69, 9.17) is 17.3 Å². The maximum absolute atomic E-state index is 12.2. The van der Waals surface area contributed by atoms with E-state index in [-0.39, 0.29) is 16.6 Å². The highest BCUT2D eigenvalue weighted by atomic mass is 35.5. The Morgan fingerprint density at radius 2 is 2.25 bits per heavy atom. The summed E-state index contributed by atoms with van der Waals surface area (Å²) in [6.07, 6.45) is 4.65. The fraction of sp³-hybridized carbons (Fsp3) is 0.714. The van der Waals surface area contributed by atoms with Crippen molar-refractivity contribution in [2.75, 3.05) is 18.0 Å². The molecule has 1 aromatic heterocycles. The Hall–Kier alpha value is -1.07. The van der Waals surface area contributed by atoms with Gasteiger partial charge in [0.1, 0.15) is 5.02 Å². The van der Waals surface area contributed by atoms with E-state index in [2.05, 4.69) is 23.8 Å². The van der Waals surface area contributed by atoms with Crippen molar-refractivity contribution in [1.29, 1.82) is 0 Å². The van der Waals surface area contributed by atoms with Crippen LogP contribution < -0.4 is 16.2 Å². The van der Waals surface area contributed by atoms with Crippen LogP contribution in [0.15, 0.2) is 11.0 Å². The predicted octanol–water partition coefficient (Wildman–Crippen LogP) is 1.87. The summed E-state index contributed by atoms with van der Waals surface area (Å²) >= 11 is 6.25. The fourth-order valence-corrected chi connectivity index (χ4v) is 3.01. The first kappa shape index (κ1) is 15.3. The van der Waals surface area contributed by atoms with E-state index in [1.165, 1.54) is 4.68 Å². The summed E-state index contributed by atoms with van der Waals surface area (Å²) in [6, 6.07) is 0.123. The molecule has 1 aliphatic rings. The molecule has 0 aromatic carbocycles. The number of halogens is 1. The molecule has 6 heteroatoms. The molecule has 0 amide bonds. The molecule has 1 aliphatic heterocycles. The molecule has 0 radical (unpaired) electrons. The van der Waals surface area contributed by atoms with Gasteiger partial charge in [-0.25, -0.2) is 4.68 Å². The highest BCUT2D eigenvalue weighted by molar-refractivity contribution is 6.33. The first-order valence-electron chi connectivity index (χ1n) is 7.29. The van der Waals surface area contributed by atoms with Crippen LogP contribution in [0.25, 0.3) is 0 Å². The van der Waals surface area contributed by atoms with Gasteiger partial charge in [0.15, 0.2) is 0 Å². The topological polar surface area (TPSA) is 64.2 Å². The zero-order chi connectivity index (χ0) is 14.7. The van der Waals surface area contributed by atoms with Crippen LogP contribution in [0.2, 0.25) is 5.02 Å². The first-order chi connectivity index (χ1) is 9.52. The number of rotatable bonds is 4. The molecule has 1 fully saturated rings. The Morgan fingerprint density at radius 3 is 2.90 bits per heavy atom. The van der Waals surface area contributed by atoms with Crippen molar-refractivity contribution < 1.29 is 0 Å². The van der Waals surface area contributed by atoms with Gasteiger partial charge in [0.2, 0.25) is 0 Å². The summed E-state index contributed by atoms with van der Waals surface area (Å²) in [5, 5.41) is 4.50. The fourth-order valence-electron chi connectivity index (χ4n) is 2.74. The van der Waals surface area contributed by atoms with Crippen molar-refractivity contribution >= 4 is 17.3 Å². The zero-order valence-electron chi connectivity index (χ0n) is 12.2. The molecule has 2 unspecified atom stereocenters. The van der Waals surface area contributed by atoms with Crippen molar-refractivity contribution in [3.63, 3.8) is 0 Å². The number of nitrogens with zero attached hydrogens (tertiary/aromatic N) is 3. The van der Waals surface area contributed by atoms with E-state index < -0.39 is 0 Å². The molecule has 2 N–H and O–H groups in total. The molecular formula is C14H23ClN4O. The second-order valence-corrected chi connectivity index (χ2v) is 6.11. The van der Waals surface area contributed by atoms with E-state index in [0.29, 0.717) is 18.2 Å². The van der Waals surface area contributed by atoms with Crippen molar-refractivity contribution in [3.8, 4) is 0 Å². The van der Waals surface area contributed by atoms with Crippen LogP contribution in [0.5, 0.6) is 0 Å². The zero-order valence-corrected chi connectivity index (χ0v) is 12.9. The third-order valence-electron chi connectivity index (χ3n) is 3.72. The minimum Gasteiger partial charge on any atom is -0.367 e. The van der Waals surface area contributed by atoms with Crippen LogP contribution >= 0.6 is 11.6 Å². The standard InChI is InChI=1S/C14H23ClN4O/c1-3-4-5-19-14(20)13(15)12(7-17-19)18-8-10(2)6-11(16)9-18/h7,10-11H,3-6,8-9,16H2,1-2H3. The first-order valence-corrected chi connectivity index (χ1v) is 7.66. The summed E-state index contributed by atoms with van der Waals surface area (Å²) in [4.78, 5) is 14.3. The van der Waals surface area contributed by atoms with Crippen LogP contribution in [-0.4, -0.2) is 28.9 Å². The summed E-state index contributed by atoms with van der Waals surface area (Å²) in [5.74, 6) is 0.498. The molecule has 0 aliphatic carbocycles. The van der Waals surface area contributed by atoms with Gasteiger partial charge in [-0.15, -0.1) is 0 Å². The molecule has 2 rings (SSSR count). The molecule has 0 saturated carbocycles. The Balaban J connectivity index is 2.24. The number of piperidine rings is 1. The summed E-state index contributed by atoms with van der Waals surface area (Å²) in [7, 11) is 0. The van der Waals surface area contributed by atoms with E-state index in [1.807, 2.05) is 0 Å². The molecule has 5 nitrogen and oxygen atoms in total. The molecule has 0 spiro atoms. The minimum absolute atomic E-state index is 0.123. The number of anilines is 1. The number of unbranched alkanes of at least 4 members (excludes halogenated alkanes) is 1. The summed E-state index contributed by atoms with van der Waals surface area (Å²) in [6.45, 7) is 6.45. The van der Waals surface area contributed by atoms with Crippen LogP contribution in [0, 0.1) is 5.92 Å². The van der Waals surface area contributed by atoms with Gasteiger partial charge in [0, 0.05) is 25.7 Å². The van der Waals surface area contributed by atoms with Gasteiger partial charge in [0.05, 0.1) is 11.9 Å². The lowest BCUT2D eigenvalue weighted by atomic mass is 9.96. The number of nitrogens with two attached hydrogens (primary N) is 1. The quantitative estimate of drug-likeness (QED) is 0.922. The molecule has 2 atom stereocenters. The maximum Gasteiger partial charge on any atom is 0.287 e. The van der Waals surface area contributed by atoms with Crippen molar-refractivity contribution in [2.45, 2.75) is 45.7 Å². The van der Waals surface area contributed by atoms with Gasteiger partial charge in [-0.1, -0.05) is 31.9 Å². The molecule has 1 aromatic rings. The molecule has 2 heterocycles. The van der Waals surface area contributed by atoms with Crippen LogP contribution in [0.4, 0.5) is 5.69 Å². The second-order valence-electron chi connectivity index (χ2n) is 5.73. The Morgan fingerprint density at radius 1 is 1.50 bits per heavy atom. The number of hydrogen-bond acceptors (Lipinski definition) is 4. The Labute approximate surface area is 124 Å². The number of hydrogen-bond donors (Lipinski definition) is 1. The normalized spacial score (nSPS) is 23.1. The molecule has 1 saturated heterocycles. The van der Waals surface area contributed by atoms with Gasteiger partial charge in [-0.05, 0) is 18.8 Å². The third-order valence-corrected chi connectivity index (χ3v) is 4.08. The lowest BCUT2D eigenvalue weighted by Gasteiger charge is -2.36. The highest BCUT2D eigenvalue weighted by Gasteiger charge is 2.25. The van der Waals surface area contributed by atoms with Crippen LogP contribution in [0.1, 0.15) is 33.1 Å². The average Bonchev–Trinajstić information content (AvgIpc) is 2.39. The van der Waals surface area contributed by atoms with E-state index >= 15 is 0 Å². The van der Waals surface area contributed by atoms with Gasteiger partial charge in [0.25, 0.3) is 5.56 Å². The lowest BCUT2D eigenvalue weighted by molar-refractivity contribution is 0.400. The summed E-state index contributed by atoms with van der Waals surface area (Å²) < 4.78 is 1.45. The second kappa shape index (κ2) is 6.59. The predicted molar refractivity (Wildman–Crippen MR) is 82.4 cm³/mol. The van der Waals surface area contributed by atoms with Crippen molar-refractivity contribution in [1.82, 2.24) is 9.78 Å². The molecule has 0 bridgehead atoms. The molecular weight excluding hydrogens is 276 g/mol. The van der Waals surface area contributed by atoms with E-state index in [9.17, 15) is 4.79 Å². The Bertz CT molecular complexity index is 506. The smallest absolute Gasteiger partial charge is 0.287 e. The Kier molecular flexibility index (Phi) is 5.05. The highest BCUT2D eigenvalue weighted by Crippen LogP contribution is 2.26. The van der Waals surface area contributed by atoms with Crippen LogP contribution in [-0.2, 0) is 6.54 Å². The van der Waals surface area contributed by atoms with Crippen LogP contribution in [0.3, 0.4) is 0 Å². The van der Waals surface area contributed by atoms with Crippen molar-refractivity contribution in [2.24, 2.45) is 11.7 Å². The van der Waals surface area contributed by atoms with Gasteiger partial charge < -0.3 is 10.6 Å². The van der Waals surface area contributed by atoms with Gasteiger partial charge >= 0.3 is 0 Å². The third kappa shape index (κ3) is 3.33. The SMILES string of the molecule is CCCCn1ncc(N2CC(C)CC(N)C2)c(Cl)c1=O. The van der Waals surface area contributed by atoms with E-state index in [1.54, 1.807) is 6.20 Å². The van der Waals surface area contributed by atoms with Gasteiger partial charge in [-0.3, -0.25) is 4.79 Å². The van der Waals surface area contributed by atoms with Crippen molar-refractivity contribution in [3.05, 3.63) is 21.6 Å². The largest absolute Gasteiger partial charge is 0.367 e. The lowest BCUT2D eigenvalue weighted by Crippen LogP contribution is -2.47. The molecule has 20 heavy (non-hydrogen) atoms. The number of aryl methyl sites for hydroxylation is 1. The number of aromatic nitrogens is 2. The monoisotopic (exact) mass is 298 g/mol.